The molecule has 0 bridgehead atoms. The maximum Gasteiger partial charge on any atom is 0.127 e. The van der Waals surface area contributed by atoms with E-state index in [1.54, 1.807) is 0 Å². The summed E-state index contributed by atoms with van der Waals surface area (Å²) in [6.45, 7) is 1.45. The minimum Gasteiger partial charge on any atom is -0.388 e. The summed E-state index contributed by atoms with van der Waals surface area (Å²) in [6.07, 6.45) is -0.819. The van der Waals surface area contributed by atoms with Gasteiger partial charge in [0.1, 0.15) is 12.3 Å². The molecule has 116 valence electrons. The smallest absolute Gasteiger partial charge is 0.127 e. The molecule has 1 N–H and O–H groups in total. The van der Waals surface area contributed by atoms with Crippen molar-refractivity contribution in [2.45, 2.75) is 44.2 Å². The van der Waals surface area contributed by atoms with Crippen molar-refractivity contribution in [3.8, 4) is 0 Å². The first-order valence-electron chi connectivity index (χ1n) is 7.88. The number of aliphatic hydroxyl groups is 1. The largest absolute Gasteiger partial charge is 0.388 e. The second-order valence-corrected chi connectivity index (χ2v) is 6.03. The standard InChI is InChI=1S/C19H22FNO/c20-17-11-12-18(19(17)22)21(13-15-7-3-1-4-8-15)14-16-9-5-2-6-10-16/h1-10,17-19,22H,11-14H2/t17-,18-,19+/m1/s1. The lowest BCUT2D eigenvalue weighted by Gasteiger charge is -2.31. The fourth-order valence-corrected chi connectivity index (χ4v) is 3.24. The Morgan fingerprint density at radius 2 is 1.36 bits per heavy atom. The van der Waals surface area contributed by atoms with Gasteiger partial charge in [-0.15, -0.1) is 0 Å². The van der Waals surface area contributed by atoms with Crippen LogP contribution in [0.15, 0.2) is 60.7 Å². The number of alkyl halides is 1. The summed E-state index contributed by atoms with van der Waals surface area (Å²) in [7, 11) is 0. The van der Waals surface area contributed by atoms with Crippen molar-refractivity contribution >= 4 is 0 Å². The lowest BCUT2D eigenvalue weighted by atomic mass is 10.1. The molecular weight excluding hydrogens is 277 g/mol. The van der Waals surface area contributed by atoms with E-state index >= 15 is 0 Å². The summed E-state index contributed by atoms with van der Waals surface area (Å²) in [5.41, 5.74) is 2.38. The number of aliphatic hydroxyl groups excluding tert-OH is 1. The number of benzene rings is 2. The van der Waals surface area contributed by atoms with Crippen molar-refractivity contribution in [2.75, 3.05) is 0 Å². The molecule has 0 aromatic heterocycles. The Kier molecular flexibility index (Phi) is 4.86. The first kappa shape index (κ1) is 15.2. The van der Waals surface area contributed by atoms with Crippen LogP contribution in [0.3, 0.4) is 0 Å². The van der Waals surface area contributed by atoms with Gasteiger partial charge >= 0.3 is 0 Å². The van der Waals surface area contributed by atoms with Crippen LogP contribution in [0.5, 0.6) is 0 Å². The van der Waals surface area contributed by atoms with Crippen LogP contribution in [0.2, 0.25) is 0 Å². The van der Waals surface area contributed by atoms with E-state index in [0.29, 0.717) is 12.8 Å². The van der Waals surface area contributed by atoms with Crippen LogP contribution in [0.25, 0.3) is 0 Å². The van der Waals surface area contributed by atoms with Gasteiger partial charge in [-0.3, -0.25) is 4.90 Å². The van der Waals surface area contributed by atoms with Gasteiger partial charge < -0.3 is 5.11 Å². The van der Waals surface area contributed by atoms with E-state index in [9.17, 15) is 9.50 Å². The average molecular weight is 299 g/mol. The molecule has 1 aliphatic rings. The lowest BCUT2D eigenvalue weighted by molar-refractivity contribution is 0.0259. The van der Waals surface area contributed by atoms with E-state index in [0.717, 1.165) is 13.1 Å². The molecule has 3 atom stereocenters. The van der Waals surface area contributed by atoms with Gasteiger partial charge in [0, 0.05) is 19.1 Å². The van der Waals surface area contributed by atoms with Crippen LogP contribution < -0.4 is 0 Å². The molecule has 0 amide bonds. The van der Waals surface area contributed by atoms with Crippen LogP contribution in [0, 0.1) is 0 Å². The van der Waals surface area contributed by atoms with Gasteiger partial charge in [0.2, 0.25) is 0 Å². The molecule has 2 aromatic rings. The molecular formula is C19H22FNO. The number of nitrogens with zero attached hydrogens (tertiary/aromatic N) is 1. The summed E-state index contributed by atoms with van der Waals surface area (Å²) in [5.74, 6) is 0. The fourth-order valence-electron chi connectivity index (χ4n) is 3.24. The van der Waals surface area contributed by atoms with E-state index in [2.05, 4.69) is 29.2 Å². The van der Waals surface area contributed by atoms with Gasteiger partial charge in [-0.1, -0.05) is 60.7 Å². The van der Waals surface area contributed by atoms with E-state index in [1.807, 2.05) is 36.4 Å². The Hall–Kier alpha value is -1.71. The molecule has 0 aliphatic heterocycles. The minimum absolute atomic E-state index is 0.115. The SMILES string of the molecule is O[C@H]1[C@H](F)CC[C@H]1N(Cc1ccccc1)Cc1ccccc1. The van der Waals surface area contributed by atoms with Crippen molar-refractivity contribution in [1.82, 2.24) is 4.90 Å². The molecule has 0 unspecified atom stereocenters. The van der Waals surface area contributed by atoms with Gasteiger partial charge in [-0.2, -0.15) is 0 Å². The molecule has 1 aliphatic carbocycles. The molecule has 0 radical (unpaired) electrons. The zero-order valence-corrected chi connectivity index (χ0v) is 12.6. The number of rotatable bonds is 5. The summed E-state index contributed by atoms with van der Waals surface area (Å²) >= 11 is 0. The number of halogens is 1. The molecule has 0 spiro atoms. The molecule has 0 saturated heterocycles. The zero-order chi connectivity index (χ0) is 15.4. The molecule has 2 nitrogen and oxygen atoms in total. The third-order valence-corrected chi connectivity index (χ3v) is 4.43. The highest BCUT2D eigenvalue weighted by atomic mass is 19.1. The lowest BCUT2D eigenvalue weighted by Crippen LogP contribution is -2.41. The number of hydrogen-bond donors (Lipinski definition) is 1. The first-order valence-corrected chi connectivity index (χ1v) is 7.88. The van der Waals surface area contributed by atoms with Crippen molar-refractivity contribution in [2.24, 2.45) is 0 Å². The highest BCUT2D eigenvalue weighted by Gasteiger charge is 2.38. The summed E-state index contributed by atoms with van der Waals surface area (Å²) in [5, 5.41) is 10.2. The van der Waals surface area contributed by atoms with Gasteiger partial charge in [0.15, 0.2) is 0 Å². The predicted molar refractivity (Wildman–Crippen MR) is 86.1 cm³/mol. The molecule has 0 heterocycles. The zero-order valence-electron chi connectivity index (χ0n) is 12.6. The van der Waals surface area contributed by atoms with Crippen molar-refractivity contribution in [3.63, 3.8) is 0 Å². The Bertz CT molecular complexity index is 533. The number of hydrogen-bond acceptors (Lipinski definition) is 2. The van der Waals surface area contributed by atoms with E-state index < -0.39 is 12.3 Å². The van der Waals surface area contributed by atoms with Gasteiger partial charge in [-0.25, -0.2) is 4.39 Å². The van der Waals surface area contributed by atoms with E-state index in [-0.39, 0.29) is 6.04 Å². The Labute approximate surface area is 131 Å². The highest BCUT2D eigenvalue weighted by Crippen LogP contribution is 2.29. The molecule has 1 saturated carbocycles. The summed E-state index contributed by atoms with van der Waals surface area (Å²) < 4.78 is 13.7. The predicted octanol–water partition coefficient (Wildman–Crippen LogP) is 3.55. The van der Waals surface area contributed by atoms with Crippen molar-refractivity contribution < 1.29 is 9.50 Å². The molecule has 1 fully saturated rings. The van der Waals surface area contributed by atoms with Crippen molar-refractivity contribution in [1.29, 1.82) is 0 Å². The van der Waals surface area contributed by atoms with Crippen molar-refractivity contribution in [3.05, 3.63) is 71.8 Å². The van der Waals surface area contributed by atoms with Crippen LogP contribution in [0.4, 0.5) is 4.39 Å². The maximum atomic E-state index is 13.7. The monoisotopic (exact) mass is 299 g/mol. The first-order chi connectivity index (χ1) is 10.7. The fraction of sp³-hybridized carbons (Fsp3) is 0.368. The molecule has 22 heavy (non-hydrogen) atoms. The summed E-state index contributed by atoms with van der Waals surface area (Å²) in [4.78, 5) is 2.20. The molecule has 2 aromatic carbocycles. The van der Waals surface area contributed by atoms with Crippen LogP contribution in [-0.4, -0.2) is 28.3 Å². The van der Waals surface area contributed by atoms with Crippen LogP contribution in [-0.2, 0) is 13.1 Å². The quantitative estimate of drug-likeness (QED) is 0.912. The maximum absolute atomic E-state index is 13.7. The summed E-state index contributed by atoms with van der Waals surface area (Å²) in [6, 6.07) is 20.2. The second kappa shape index (κ2) is 7.03. The average Bonchev–Trinajstić information content (AvgIpc) is 2.88. The third kappa shape index (κ3) is 3.54. The van der Waals surface area contributed by atoms with E-state index in [4.69, 9.17) is 0 Å². The Morgan fingerprint density at radius 3 is 1.77 bits per heavy atom. The third-order valence-electron chi connectivity index (χ3n) is 4.43. The molecule has 3 heteroatoms. The molecule has 3 rings (SSSR count). The van der Waals surface area contributed by atoms with Gasteiger partial charge in [0.05, 0.1) is 0 Å². The topological polar surface area (TPSA) is 23.5 Å². The normalized spacial score (nSPS) is 24.8. The van der Waals surface area contributed by atoms with Crippen LogP contribution in [0.1, 0.15) is 24.0 Å². The highest BCUT2D eigenvalue weighted by molar-refractivity contribution is 5.17. The Balaban J connectivity index is 1.79. The van der Waals surface area contributed by atoms with E-state index in [1.165, 1.54) is 11.1 Å². The van der Waals surface area contributed by atoms with Gasteiger partial charge in [0.25, 0.3) is 0 Å². The second-order valence-electron chi connectivity index (χ2n) is 6.03. The minimum atomic E-state index is -1.10. The van der Waals surface area contributed by atoms with Gasteiger partial charge in [-0.05, 0) is 24.0 Å². The Morgan fingerprint density at radius 1 is 0.864 bits per heavy atom. The van der Waals surface area contributed by atoms with Crippen LogP contribution >= 0.6 is 0 Å².